The van der Waals surface area contributed by atoms with Gasteiger partial charge < -0.3 is 9.13 Å². The lowest BCUT2D eigenvalue weighted by Gasteiger charge is -2.15. The molecule has 0 atom stereocenters. The van der Waals surface area contributed by atoms with Crippen molar-refractivity contribution in [1.29, 1.82) is 0 Å². The fourth-order valence-corrected chi connectivity index (χ4v) is 12.5. The van der Waals surface area contributed by atoms with Crippen LogP contribution in [0, 0.1) is 0 Å². The number of hydrogen-bond acceptors (Lipinski definition) is 0. The molecule has 2 heteroatoms. The molecule has 2 aromatic heterocycles. The fraction of sp³-hybridized carbons (Fsp3) is 0.0256. The van der Waals surface area contributed by atoms with Crippen molar-refractivity contribution in [1.82, 2.24) is 9.13 Å². The van der Waals surface area contributed by atoms with Crippen molar-refractivity contribution >= 4 is 38.8 Å². The van der Waals surface area contributed by atoms with Gasteiger partial charge >= 0.3 is 0 Å². The van der Waals surface area contributed by atoms with Gasteiger partial charge in [0.25, 0.3) is 0 Å². The lowest BCUT2D eigenvalue weighted by Crippen LogP contribution is -2.03. The maximum Gasteiger partial charge on any atom is 0.0541 e. The monoisotopic (exact) mass is 1020 g/mol. The minimum absolute atomic E-state index is 0.995. The van der Waals surface area contributed by atoms with E-state index in [1.54, 1.807) is 0 Å². The minimum atomic E-state index is 0.995. The van der Waals surface area contributed by atoms with E-state index in [2.05, 4.69) is 312 Å². The number of para-hydroxylation sites is 1. The van der Waals surface area contributed by atoms with E-state index in [0.29, 0.717) is 0 Å². The molecule has 14 aromatic rings. The Bertz CT molecular complexity index is 4670. The normalized spacial score (nSPS) is 12.1. The Morgan fingerprint density at radius 3 is 1.25 bits per heavy atom. The van der Waals surface area contributed by atoms with Gasteiger partial charge in [0.15, 0.2) is 0 Å². The van der Waals surface area contributed by atoms with Crippen LogP contribution in [-0.4, -0.2) is 9.13 Å². The molecular weight excluding hydrogens is 965 g/mol. The molecule has 0 unspecified atom stereocenters. The zero-order valence-corrected chi connectivity index (χ0v) is 44.2. The molecule has 0 amide bonds. The van der Waals surface area contributed by atoms with Gasteiger partial charge in [-0.3, -0.25) is 0 Å². The molecule has 15 rings (SSSR count). The third-order valence-electron chi connectivity index (χ3n) is 16.4. The number of allylic oxidation sites excluding steroid dienone is 1. The van der Waals surface area contributed by atoms with Crippen molar-refractivity contribution in [3.8, 4) is 100 Å². The summed E-state index contributed by atoms with van der Waals surface area (Å²) >= 11 is 0. The zero-order chi connectivity index (χ0) is 52.9. The van der Waals surface area contributed by atoms with Gasteiger partial charge in [-0.05, 0) is 169 Å². The molecule has 0 saturated carbocycles. The first-order valence-electron chi connectivity index (χ1n) is 27.9. The molecule has 2 heterocycles. The molecule has 0 radical (unpaired) electrons. The molecule has 376 valence electrons. The summed E-state index contributed by atoms with van der Waals surface area (Å²) in [7, 11) is 0. The van der Waals surface area contributed by atoms with Gasteiger partial charge in [-0.2, -0.15) is 0 Å². The fourth-order valence-electron chi connectivity index (χ4n) is 12.5. The van der Waals surface area contributed by atoms with Crippen LogP contribution >= 0.6 is 0 Å². The van der Waals surface area contributed by atoms with Crippen LogP contribution in [0.4, 0.5) is 0 Å². The molecule has 1 aliphatic rings. The topological polar surface area (TPSA) is 9.86 Å². The quantitative estimate of drug-likeness (QED) is 0.129. The van der Waals surface area contributed by atoms with E-state index in [4.69, 9.17) is 0 Å². The molecule has 80 heavy (non-hydrogen) atoms. The van der Waals surface area contributed by atoms with Gasteiger partial charge in [0.05, 0.1) is 16.6 Å². The van der Waals surface area contributed by atoms with E-state index in [0.717, 1.165) is 18.5 Å². The Kier molecular flexibility index (Phi) is 11.7. The molecule has 2 nitrogen and oxygen atoms in total. The third kappa shape index (κ3) is 8.46. The van der Waals surface area contributed by atoms with Gasteiger partial charge in [0.2, 0.25) is 0 Å². The highest BCUT2D eigenvalue weighted by Crippen LogP contribution is 2.41. The van der Waals surface area contributed by atoms with Crippen molar-refractivity contribution in [3.05, 3.63) is 309 Å². The van der Waals surface area contributed by atoms with Crippen LogP contribution < -0.4 is 0 Å². The van der Waals surface area contributed by atoms with E-state index in [-0.39, 0.29) is 0 Å². The second-order valence-corrected chi connectivity index (χ2v) is 21.1. The lowest BCUT2D eigenvalue weighted by atomic mass is 9.92. The van der Waals surface area contributed by atoms with E-state index in [1.165, 1.54) is 139 Å². The first-order chi connectivity index (χ1) is 39.6. The summed E-state index contributed by atoms with van der Waals surface area (Å²) in [5, 5.41) is 3.79. The van der Waals surface area contributed by atoms with Crippen molar-refractivity contribution in [2.75, 3.05) is 0 Å². The SMILES string of the molecule is C1=Cc2c(n(-c3cccc(-c4ccc(-c5ccc(-c6cccc(-c7cccc(-c8ccccc8-c8ccccc8)c7)c6)cc5)cc4)c3)c3ccc(-c4ccc5c(c4)c4ccccc4n5-c4cccc(-c5ccccc5)c4)cc23)CC1. The first kappa shape index (κ1) is 47.0. The number of aromatic nitrogens is 2. The van der Waals surface area contributed by atoms with Crippen LogP contribution in [0.3, 0.4) is 0 Å². The average Bonchev–Trinajstić information content (AvgIpc) is 4.24. The molecule has 0 aliphatic heterocycles. The van der Waals surface area contributed by atoms with Crippen LogP contribution in [0.1, 0.15) is 17.7 Å². The van der Waals surface area contributed by atoms with Gasteiger partial charge in [-0.25, -0.2) is 0 Å². The van der Waals surface area contributed by atoms with Gasteiger partial charge in [-0.15, -0.1) is 0 Å². The Morgan fingerprint density at radius 2 is 0.625 bits per heavy atom. The highest BCUT2D eigenvalue weighted by molar-refractivity contribution is 6.11. The van der Waals surface area contributed by atoms with E-state index >= 15 is 0 Å². The Balaban J connectivity index is 0.696. The van der Waals surface area contributed by atoms with Crippen molar-refractivity contribution < 1.29 is 0 Å². The van der Waals surface area contributed by atoms with Crippen LogP contribution in [0.15, 0.2) is 297 Å². The molecule has 0 N–H and O–H groups in total. The number of nitrogens with zero attached hydrogens (tertiary/aromatic N) is 2. The number of fused-ring (bicyclic) bond motifs is 6. The average molecular weight is 1020 g/mol. The molecule has 12 aromatic carbocycles. The highest BCUT2D eigenvalue weighted by atomic mass is 15.0. The predicted molar refractivity (Wildman–Crippen MR) is 338 cm³/mol. The van der Waals surface area contributed by atoms with Crippen molar-refractivity contribution in [2.45, 2.75) is 12.8 Å². The molecule has 0 bridgehead atoms. The second kappa shape index (κ2) is 19.9. The smallest absolute Gasteiger partial charge is 0.0541 e. The van der Waals surface area contributed by atoms with Crippen molar-refractivity contribution in [3.63, 3.8) is 0 Å². The van der Waals surface area contributed by atoms with E-state index in [9.17, 15) is 0 Å². The van der Waals surface area contributed by atoms with Gasteiger partial charge in [-0.1, -0.05) is 237 Å². The molecular formula is C78H54N2. The second-order valence-electron chi connectivity index (χ2n) is 21.1. The molecule has 0 saturated heterocycles. The van der Waals surface area contributed by atoms with E-state index in [1.807, 2.05) is 0 Å². The van der Waals surface area contributed by atoms with E-state index < -0.39 is 0 Å². The molecule has 1 aliphatic carbocycles. The summed E-state index contributed by atoms with van der Waals surface area (Å²) in [5.41, 5.74) is 28.1. The zero-order valence-electron chi connectivity index (χ0n) is 44.2. The standard InChI is InChI=1S/C78H54N2/c1-3-17-53(18-4-1)62-24-15-27-67(49-62)79-75-33-11-9-31-71(75)73-51-64(43-45-77(73)79)65-44-46-78-74(52-65)72-32-10-12-34-76(72)80(78)68-28-16-25-63(50-68)57-41-37-55(38-42-57)54-35-39-56(40-36-54)59-21-13-22-60(47-59)61-23-14-26-66(48-61)70-30-8-7-29-69(70)58-19-5-2-6-20-58/h1-11,13-33,35-52H,12,34H2. The summed E-state index contributed by atoms with van der Waals surface area (Å²) in [4.78, 5) is 0. The predicted octanol–water partition coefficient (Wildman–Crippen LogP) is 21.0. The first-order valence-corrected chi connectivity index (χ1v) is 27.9. The summed E-state index contributed by atoms with van der Waals surface area (Å²) in [5.74, 6) is 0. The molecule has 0 fully saturated rings. The number of benzene rings is 12. The van der Waals surface area contributed by atoms with Crippen LogP contribution in [0.5, 0.6) is 0 Å². The summed E-state index contributed by atoms with van der Waals surface area (Å²) in [6.07, 6.45) is 6.71. The minimum Gasteiger partial charge on any atom is -0.313 e. The van der Waals surface area contributed by atoms with Crippen molar-refractivity contribution in [2.24, 2.45) is 0 Å². The summed E-state index contributed by atoms with van der Waals surface area (Å²) in [6.45, 7) is 0. The maximum atomic E-state index is 2.51. The van der Waals surface area contributed by atoms with Crippen LogP contribution in [0.2, 0.25) is 0 Å². The molecule has 0 spiro atoms. The lowest BCUT2D eigenvalue weighted by molar-refractivity contribution is 0.889. The highest BCUT2D eigenvalue weighted by Gasteiger charge is 2.21. The summed E-state index contributed by atoms with van der Waals surface area (Å²) < 4.78 is 4.93. The number of rotatable bonds is 10. The van der Waals surface area contributed by atoms with Gasteiger partial charge in [0, 0.05) is 38.8 Å². The largest absolute Gasteiger partial charge is 0.313 e. The summed E-state index contributed by atoms with van der Waals surface area (Å²) in [6, 6.07) is 107. The maximum absolute atomic E-state index is 2.51. The Labute approximate surface area is 467 Å². The van der Waals surface area contributed by atoms with Crippen LogP contribution in [-0.2, 0) is 6.42 Å². The third-order valence-corrected chi connectivity index (χ3v) is 16.4. The number of hydrogen-bond donors (Lipinski definition) is 0. The van der Waals surface area contributed by atoms with Gasteiger partial charge in [0.1, 0.15) is 0 Å². The Morgan fingerprint density at radius 1 is 0.237 bits per heavy atom. The Hall–Kier alpha value is -10.3. The van der Waals surface area contributed by atoms with Crippen LogP contribution in [0.25, 0.3) is 139 Å².